The van der Waals surface area contributed by atoms with Gasteiger partial charge in [0.15, 0.2) is 0 Å². The summed E-state index contributed by atoms with van der Waals surface area (Å²) < 4.78 is 5.26. The maximum absolute atomic E-state index is 13.1. The number of rotatable bonds is 5. The lowest BCUT2D eigenvalue weighted by atomic mass is 9.74. The van der Waals surface area contributed by atoms with Crippen LogP contribution in [-0.2, 0) is 6.54 Å². The third-order valence-electron chi connectivity index (χ3n) is 6.30. The Hall–Kier alpha value is -2.37. The number of carbonyl (C=O) groups excluding carboxylic acids is 1. The number of fused-ring (bicyclic) bond motifs is 1. The van der Waals surface area contributed by atoms with Gasteiger partial charge in [0, 0.05) is 43.7 Å². The molecule has 1 N–H and O–H groups in total. The first-order valence-electron chi connectivity index (χ1n) is 9.94. The summed E-state index contributed by atoms with van der Waals surface area (Å²) >= 11 is 0. The molecule has 0 bridgehead atoms. The maximum atomic E-state index is 13.1. The number of carbonyl (C=O) groups is 1. The first-order chi connectivity index (χ1) is 13.6. The SMILES string of the molecule is COc1cccc(C(=O)N2CC[C@H]3CN(Cc4ccccc4)C[C@@]3(CO)C2)c1. The van der Waals surface area contributed by atoms with Crippen LogP contribution in [0, 0.1) is 11.3 Å². The van der Waals surface area contributed by atoms with Crippen molar-refractivity contribution in [3.63, 3.8) is 0 Å². The lowest BCUT2D eigenvalue weighted by Gasteiger charge is -2.43. The highest BCUT2D eigenvalue weighted by Crippen LogP contribution is 2.42. The van der Waals surface area contributed by atoms with E-state index in [0.717, 1.165) is 32.6 Å². The van der Waals surface area contributed by atoms with E-state index in [-0.39, 0.29) is 17.9 Å². The molecule has 4 rings (SSSR count). The minimum absolute atomic E-state index is 0.0201. The predicted molar refractivity (Wildman–Crippen MR) is 108 cm³/mol. The van der Waals surface area contributed by atoms with Gasteiger partial charge in [-0.3, -0.25) is 9.69 Å². The van der Waals surface area contributed by atoms with E-state index in [1.165, 1.54) is 5.56 Å². The normalized spacial score (nSPS) is 24.8. The molecule has 5 nitrogen and oxygen atoms in total. The molecule has 148 valence electrons. The standard InChI is InChI=1S/C23H28N2O3/c1-28-21-9-5-8-19(12-21)22(27)25-11-10-20-14-24(15-23(20,16-25)17-26)13-18-6-3-2-4-7-18/h2-9,12,20,26H,10-11,13-17H2,1H3/t20-,23-/m0/s1. The number of hydrogen-bond donors (Lipinski definition) is 1. The topological polar surface area (TPSA) is 53.0 Å². The van der Waals surface area contributed by atoms with Crippen LogP contribution < -0.4 is 4.74 Å². The van der Waals surface area contributed by atoms with Crippen molar-refractivity contribution in [1.29, 1.82) is 0 Å². The first kappa shape index (κ1) is 19.0. The predicted octanol–water partition coefficient (Wildman–Crippen LogP) is 2.65. The highest BCUT2D eigenvalue weighted by atomic mass is 16.5. The van der Waals surface area contributed by atoms with E-state index in [1.807, 2.05) is 29.2 Å². The van der Waals surface area contributed by atoms with E-state index in [2.05, 4.69) is 29.2 Å². The Labute approximate surface area is 166 Å². The van der Waals surface area contributed by atoms with Crippen LogP contribution in [-0.4, -0.2) is 60.7 Å². The Morgan fingerprint density at radius 1 is 1.18 bits per heavy atom. The summed E-state index contributed by atoms with van der Waals surface area (Å²) in [5.74, 6) is 1.13. The molecule has 0 aromatic heterocycles. The smallest absolute Gasteiger partial charge is 0.254 e. The Morgan fingerprint density at radius 2 is 2.00 bits per heavy atom. The van der Waals surface area contributed by atoms with Gasteiger partial charge in [0.05, 0.1) is 13.7 Å². The van der Waals surface area contributed by atoms with Crippen LogP contribution in [0.4, 0.5) is 0 Å². The largest absolute Gasteiger partial charge is 0.497 e. The van der Waals surface area contributed by atoms with E-state index in [1.54, 1.807) is 13.2 Å². The molecule has 2 saturated heterocycles. The highest BCUT2D eigenvalue weighted by Gasteiger charge is 2.50. The van der Waals surface area contributed by atoms with Gasteiger partial charge >= 0.3 is 0 Å². The van der Waals surface area contributed by atoms with Crippen molar-refractivity contribution < 1.29 is 14.6 Å². The van der Waals surface area contributed by atoms with Gasteiger partial charge < -0.3 is 14.7 Å². The molecule has 0 radical (unpaired) electrons. The van der Waals surface area contributed by atoms with Gasteiger partial charge in [-0.05, 0) is 36.1 Å². The quantitative estimate of drug-likeness (QED) is 0.867. The summed E-state index contributed by atoms with van der Waals surface area (Å²) in [6.07, 6.45) is 0.932. The summed E-state index contributed by atoms with van der Waals surface area (Å²) in [6, 6.07) is 17.8. The number of methoxy groups -OCH3 is 1. The lowest BCUT2D eigenvalue weighted by Crippen LogP contribution is -2.52. The van der Waals surface area contributed by atoms with Gasteiger partial charge in [0.1, 0.15) is 5.75 Å². The number of hydrogen-bond acceptors (Lipinski definition) is 4. The second kappa shape index (κ2) is 7.94. The van der Waals surface area contributed by atoms with Crippen molar-refractivity contribution in [3.8, 4) is 5.75 Å². The van der Waals surface area contributed by atoms with Crippen LogP contribution >= 0.6 is 0 Å². The van der Waals surface area contributed by atoms with Crippen LogP contribution in [0.25, 0.3) is 0 Å². The highest BCUT2D eigenvalue weighted by molar-refractivity contribution is 5.94. The molecule has 2 aliphatic rings. The number of nitrogens with zero attached hydrogens (tertiary/aromatic N) is 2. The third-order valence-corrected chi connectivity index (χ3v) is 6.30. The van der Waals surface area contributed by atoms with Crippen molar-refractivity contribution in [2.45, 2.75) is 13.0 Å². The molecule has 28 heavy (non-hydrogen) atoms. The van der Waals surface area contributed by atoms with E-state index in [0.29, 0.717) is 23.8 Å². The van der Waals surface area contributed by atoms with Crippen molar-refractivity contribution in [3.05, 3.63) is 65.7 Å². The van der Waals surface area contributed by atoms with Gasteiger partial charge in [-0.1, -0.05) is 36.4 Å². The maximum Gasteiger partial charge on any atom is 0.254 e. The fourth-order valence-electron chi connectivity index (χ4n) is 4.79. The van der Waals surface area contributed by atoms with Crippen LogP contribution in [0.5, 0.6) is 5.75 Å². The number of aliphatic hydroxyl groups is 1. The molecule has 5 heteroatoms. The molecule has 0 unspecified atom stereocenters. The molecule has 2 fully saturated rings. The Bertz CT molecular complexity index is 826. The molecule has 0 aliphatic carbocycles. The minimum atomic E-state index is -0.235. The molecule has 2 aromatic carbocycles. The molecule has 0 saturated carbocycles. The van der Waals surface area contributed by atoms with Crippen LogP contribution in [0.2, 0.25) is 0 Å². The number of aliphatic hydroxyl groups excluding tert-OH is 1. The zero-order valence-electron chi connectivity index (χ0n) is 16.4. The van der Waals surface area contributed by atoms with Gasteiger partial charge in [-0.2, -0.15) is 0 Å². The van der Waals surface area contributed by atoms with Crippen molar-refractivity contribution in [2.75, 3.05) is 39.9 Å². The molecule has 2 aliphatic heterocycles. The molecule has 2 heterocycles. The third kappa shape index (κ3) is 3.64. The van der Waals surface area contributed by atoms with Gasteiger partial charge in [-0.25, -0.2) is 0 Å². The van der Waals surface area contributed by atoms with E-state index in [4.69, 9.17) is 4.74 Å². The Morgan fingerprint density at radius 3 is 2.75 bits per heavy atom. The van der Waals surface area contributed by atoms with Crippen LogP contribution in [0.15, 0.2) is 54.6 Å². The van der Waals surface area contributed by atoms with Crippen molar-refractivity contribution in [1.82, 2.24) is 9.80 Å². The van der Waals surface area contributed by atoms with Crippen molar-refractivity contribution >= 4 is 5.91 Å². The fourth-order valence-corrected chi connectivity index (χ4v) is 4.79. The lowest BCUT2D eigenvalue weighted by molar-refractivity contribution is 0.0117. The Balaban J connectivity index is 1.48. The molecular weight excluding hydrogens is 352 g/mol. The number of benzene rings is 2. The van der Waals surface area contributed by atoms with Gasteiger partial charge in [-0.15, -0.1) is 0 Å². The second-order valence-corrected chi connectivity index (χ2v) is 8.12. The van der Waals surface area contributed by atoms with E-state index >= 15 is 0 Å². The molecule has 0 spiro atoms. The molecule has 2 aromatic rings. The summed E-state index contributed by atoms with van der Waals surface area (Å²) in [5.41, 5.74) is 1.70. The number of ether oxygens (including phenoxy) is 1. The summed E-state index contributed by atoms with van der Waals surface area (Å²) in [4.78, 5) is 17.4. The average Bonchev–Trinajstić information content (AvgIpc) is 3.11. The summed E-state index contributed by atoms with van der Waals surface area (Å²) in [7, 11) is 1.61. The molecule has 1 amide bonds. The number of amides is 1. The monoisotopic (exact) mass is 380 g/mol. The first-order valence-corrected chi connectivity index (χ1v) is 9.94. The number of likely N-dealkylation sites (tertiary alicyclic amines) is 2. The zero-order chi connectivity index (χ0) is 19.6. The zero-order valence-corrected chi connectivity index (χ0v) is 16.4. The van der Waals surface area contributed by atoms with Crippen molar-refractivity contribution in [2.24, 2.45) is 11.3 Å². The minimum Gasteiger partial charge on any atom is -0.497 e. The van der Waals surface area contributed by atoms with Crippen LogP contribution in [0.3, 0.4) is 0 Å². The molecular formula is C23H28N2O3. The van der Waals surface area contributed by atoms with Gasteiger partial charge in [0.2, 0.25) is 0 Å². The summed E-state index contributed by atoms with van der Waals surface area (Å²) in [5, 5.41) is 10.3. The fraction of sp³-hybridized carbons (Fsp3) is 0.435. The molecule has 2 atom stereocenters. The van der Waals surface area contributed by atoms with E-state index < -0.39 is 0 Å². The van der Waals surface area contributed by atoms with Crippen LogP contribution in [0.1, 0.15) is 22.3 Å². The second-order valence-electron chi connectivity index (χ2n) is 8.12. The summed E-state index contributed by atoms with van der Waals surface area (Å²) in [6.45, 7) is 4.16. The van der Waals surface area contributed by atoms with E-state index in [9.17, 15) is 9.90 Å². The Kier molecular flexibility index (Phi) is 5.38. The van der Waals surface area contributed by atoms with Gasteiger partial charge in [0.25, 0.3) is 5.91 Å². The number of piperidine rings is 1. The average molecular weight is 380 g/mol.